The molecule has 0 bridgehead atoms. The maximum absolute atomic E-state index is 13.0. The molecular weight excluding hydrogens is 985 g/mol. The lowest BCUT2D eigenvalue weighted by atomic mass is 10.0. The third kappa shape index (κ3) is 66.4. The number of esters is 3. The zero-order valence-corrected chi connectivity index (χ0v) is 54.1. The number of hydrogen-bond acceptors (Lipinski definition) is 6. The van der Waals surface area contributed by atoms with E-state index in [0.29, 0.717) is 19.3 Å². The molecule has 0 aliphatic heterocycles. The van der Waals surface area contributed by atoms with Gasteiger partial charge in [0.25, 0.3) is 0 Å². The Bertz CT molecular complexity index is 1340. The van der Waals surface area contributed by atoms with Gasteiger partial charge >= 0.3 is 17.9 Å². The predicted octanol–water partition coefficient (Wildman–Crippen LogP) is 24.7. The Morgan fingerprint density at radius 1 is 0.263 bits per heavy atom. The van der Waals surface area contributed by atoms with Crippen molar-refractivity contribution in [2.75, 3.05) is 13.2 Å². The number of carbonyl (C=O) groups excluding carboxylic acids is 3. The summed E-state index contributed by atoms with van der Waals surface area (Å²) in [6.45, 7) is 6.61. The van der Waals surface area contributed by atoms with Crippen LogP contribution in [0.3, 0.4) is 0 Å². The van der Waals surface area contributed by atoms with Gasteiger partial charge in [-0.25, -0.2) is 0 Å². The Balaban J connectivity index is 4.27. The van der Waals surface area contributed by atoms with Gasteiger partial charge in [0.15, 0.2) is 6.10 Å². The Labute approximate surface area is 499 Å². The maximum Gasteiger partial charge on any atom is 0.306 e. The first-order chi connectivity index (χ1) is 39.5. The Morgan fingerprint density at radius 3 is 0.762 bits per heavy atom. The van der Waals surface area contributed by atoms with Crippen molar-refractivity contribution >= 4 is 17.9 Å². The zero-order valence-electron chi connectivity index (χ0n) is 54.1. The van der Waals surface area contributed by atoms with Crippen LogP contribution in [0.4, 0.5) is 0 Å². The summed E-state index contributed by atoms with van der Waals surface area (Å²) in [5.74, 6) is -0.846. The first-order valence-electron chi connectivity index (χ1n) is 36.0. The molecule has 470 valence electrons. The number of ether oxygens (including phenoxy) is 3. The summed E-state index contributed by atoms with van der Waals surface area (Å²) in [6, 6.07) is 0. The second-order valence-corrected chi connectivity index (χ2v) is 24.5. The third-order valence-corrected chi connectivity index (χ3v) is 16.4. The standard InChI is InChI=1S/C74H138O6/c1-4-7-10-13-16-19-22-25-28-31-33-35-36-37-38-39-41-43-46-49-52-55-58-61-64-67-73(76)79-70-71(69-78-72(75)66-63-60-57-54-51-48-45-42-30-27-24-21-18-15-12-9-6-3)80-74(77)68-65-62-59-56-53-50-47-44-40-34-32-29-26-23-20-17-14-11-8-5-2/h9,12,18,21,27,30,71H,4-8,10-11,13-17,19-20,22-26,28-29,31-70H2,1-3H3/b12-9-,21-18-,30-27-. The fraction of sp³-hybridized carbons (Fsp3) is 0.878. The van der Waals surface area contributed by atoms with Gasteiger partial charge in [-0.3, -0.25) is 14.4 Å². The van der Waals surface area contributed by atoms with E-state index in [2.05, 4.69) is 57.2 Å². The number of hydrogen-bond donors (Lipinski definition) is 0. The molecule has 0 saturated heterocycles. The van der Waals surface area contributed by atoms with Gasteiger partial charge < -0.3 is 14.2 Å². The van der Waals surface area contributed by atoms with E-state index in [1.165, 1.54) is 276 Å². The molecule has 0 rings (SSSR count). The average molecular weight is 1120 g/mol. The van der Waals surface area contributed by atoms with Crippen molar-refractivity contribution in [3.63, 3.8) is 0 Å². The van der Waals surface area contributed by atoms with E-state index < -0.39 is 6.10 Å². The summed E-state index contributed by atoms with van der Waals surface area (Å²) < 4.78 is 17.0. The number of rotatable bonds is 67. The molecule has 6 nitrogen and oxygen atoms in total. The maximum atomic E-state index is 13.0. The minimum Gasteiger partial charge on any atom is -0.462 e. The second kappa shape index (κ2) is 69.1. The molecule has 0 aromatic carbocycles. The topological polar surface area (TPSA) is 78.9 Å². The second-order valence-electron chi connectivity index (χ2n) is 24.5. The summed E-state index contributed by atoms with van der Waals surface area (Å²) >= 11 is 0. The summed E-state index contributed by atoms with van der Waals surface area (Å²) in [5, 5.41) is 0. The van der Waals surface area contributed by atoms with Crippen molar-refractivity contribution in [2.45, 2.75) is 406 Å². The molecular formula is C74H138O6. The molecule has 0 aromatic heterocycles. The Hall–Kier alpha value is -2.37. The third-order valence-electron chi connectivity index (χ3n) is 16.4. The Kier molecular flexibility index (Phi) is 67.1. The van der Waals surface area contributed by atoms with Crippen LogP contribution in [0, 0.1) is 0 Å². The lowest BCUT2D eigenvalue weighted by Crippen LogP contribution is -2.30. The summed E-state index contributed by atoms with van der Waals surface area (Å²) in [6.07, 6.45) is 86.1. The van der Waals surface area contributed by atoms with Crippen molar-refractivity contribution in [1.82, 2.24) is 0 Å². The van der Waals surface area contributed by atoms with Gasteiger partial charge in [-0.15, -0.1) is 0 Å². The SMILES string of the molecule is CC/C=C\C/C=C\C/C=C\CCCCCCCCCC(=O)OCC(COC(=O)CCCCCCCCCCCCCCCCCCCCCCCCCCC)OC(=O)CCCCCCCCCCCCCCCCCCCCCC. The lowest BCUT2D eigenvalue weighted by molar-refractivity contribution is -0.167. The normalized spacial score (nSPS) is 12.2. The zero-order chi connectivity index (χ0) is 57.8. The van der Waals surface area contributed by atoms with Crippen LogP contribution in [-0.2, 0) is 28.6 Å². The van der Waals surface area contributed by atoms with Gasteiger partial charge in [0.2, 0.25) is 0 Å². The molecule has 0 N–H and O–H groups in total. The highest BCUT2D eigenvalue weighted by Gasteiger charge is 2.19. The summed E-state index contributed by atoms with van der Waals surface area (Å²) in [4.78, 5) is 38.5. The number of unbranched alkanes of at least 4 members (excludes halogenated alkanes) is 50. The molecule has 6 heteroatoms. The van der Waals surface area contributed by atoms with Gasteiger partial charge in [-0.2, -0.15) is 0 Å². The molecule has 0 aliphatic rings. The molecule has 0 spiro atoms. The first kappa shape index (κ1) is 77.6. The van der Waals surface area contributed by atoms with E-state index >= 15 is 0 Å². The van der Waals surface area contributed by atoms with Gasteiger partial charge in [-0.05, 0) is 51.4 Å². The van der Waals surface area contributed by atoms with Crippen molar-refractivity contribution in [3.8, 4) is 0 Å². The van der Waals surface area contributed by atoms with E-state index in [-0.39, 0.29) is 31.1 Å². The highest BCUT2D eigenvalue weighted by atomic mass is 16.6. The fourth-order valence-corrected chi connectivity index (χ4v) is 11.1. The molecule has 1 unspecified atom stereocenters. The van der Waals surface area contributed by atoms with Crippen LogP contribution >= 0.6 is 0 Å². The van der Waals surface area contributed by atoms with Crippen LogP contribution in [0.15, 0.2) is 36.5 Å². The molecule has 0 aliphatic carbocycles. The molecule has 0 aromatic rings. The van der Waals surface area contributed by atoms with E-state index in [4.69, 9.17) is 14.2 Å². The van der Waals surface area contributed by atoms with Crippen LogP contribution < -0.4 is 0 Å². The molecule has 1 atom stereocenters. The average Bonchev–Trinajstić information content (AvgIpc) is 3.46. The van der Waals surface area contributed by atoms with Crippen molar-refractivity contribution in [2.24, 2.45) is 0 Å². The van der Waals surface area contributed by atoms with Gasteiger partial charge in [0, 0.05) is 19.3 Å². The lowest BCUT2D eigenvalue weighted by Gasteiger charge is -2.18. The molecule has 0 heterocycles. The van der Waals surface area contributed by atoms with E-state index in [1.807, 2.05) is 0 Å². The molecule has 0 fully saturated rings. The number of allylic oxidation sites excluding steroid dienone is 6. The Morgan fingerprint density at radius 2 is 0.487 bits per heavy atom. The van der Waals surface area contributed by atoms with Crippen LogP contribution in [0.1, 0.15) is 400 Å². The van der Waals surface area contributed by atoms with Gasteiger partial charge in [0.05, 0.1) is 0 Å². The molecule has 0 radical (unpaired) electrons. The van der Waals surface area contributed by atoms with Crippen molar-refractivity contribution in [1.29, 1.82) is 0 Å². The van der Waals surface area contributed by atoms with Crippen molar-refractivity contribution < 1.29 is 28.6 Å². The highest BCUT2D eigenvalue weighted by Crippen LogP contribution is 2.19. The predicted molar refractivity (Wildman–Crippen MR) is 349 cm³/mol. The fourth-order valence-electron chi connectivity index (χ4n) is 11.1. The quantitative estimate of drug-likeness (QED) is 0.0261. The van der Waals surface area contributed by atoms with E-state index in [1.54, 1.807) is 0 Å². The summed E-state index contributed by atoms with van der Waals surface area (Å²) in [5.41, 5.74) is 0. The summed E-state index contributed by atoms with van der Waals surface area (Å²) in [7, 11) is 0. The minimum atomic E-state index is -0.774. The van der Waals surface area contributed by atoms with Crippen LogP contribution in [0.25, 0.3) is 0 Å². The van der Waals surface area contributed by atoms with Crippen LogP contribution in [-0.4, -0.2) is 37.2 Å². The minimum absolute atomic E-state index is 0.0691. The molecule has 0 amide bonds. The van der Waals surface area contributed by atoms with Crippen LogP contribution in [0.2, 0.25) is 0 Å². The van der Waals surface area contributed by atoms with Crippen molar-refractivity contribution in [3.05, 3.63) is 36.5 Å². The molecule has 80 heavy (non-hydrogen) atoms. The number of carbonyl (C=O) groups is 3. The largest absolute Gasteiger partial charge is 0.462 e. The smallest absolute Gasteiger partial charge is 0.306 e. The van der Waals surface area contributed by atoms with Gasteiger partial charge in [-0.1, -0.05) is 365 Å². The van der Waals surface area contributed by atoms with E-state index in [9.17, 15) is 14.4 Å². The van der Waals surface area contributed by atoms with E-state index in [0.717, 1.165) is 83.5 Å². The first-order valence-corrected chi connectivity index (χ1v) is 36.0. The molecule has 0 saturated carbocycles. The monoisotopic (exact) mass is 1120 g/mol. The highest BCUT2D eigenvalue weighted by molar-refractivity contribution is 5.71. The van der Waals surface area contributed by atoms with Crippen LogP contribution in [0.5, 0.6) is 0 Å². The van der Waals surface area contributed by atoms with Gasteiger partial charge in [0.1, 0.15) is 13.2 Å².